The zero-order chi connectivity index (χ0) is 18.7. The van der Waals surface area contributed by atoms with Crippen molar-refractivity contribution in [1.29, 1.82) is 0 Å². The fourth-order valence-electron chi connectivity index (χ4n) is 5.90. The van der Waals surface area contributed by atoms with Crippen molar-refractivity contribution >= 4 is 11.7 Å². The third-order valence-corrected chi connectivity index (χ3v) is 7.07. The van der Waals surface area contributed by atoms with Crippen molar-refractivity contribution in [2.75, 3.05) is 6.54 Å². The van der Waals surface area contributed by atoms with Crippen molar-refractivity contribution in [3.63, 3.8) is 0 Å². The normalized spacial score (nSPS) is 34.1. The van der Waals surface area contributed by atoms with Crippen molar-refractivity contribution in [1.82, 2.24) is 10.2 Å². The molecule has 4 aliphatic rings. The lowest BCUT2D eigenvalue weighted by molar-refractivity contribution is -0.130. The van der Waals surface area contributed by atoms with E-state index in [4.69, 9.17) is 0 Å². The summed E-state index contributed by atoms with van der Waals surface area (Å²) >= 11 is 0. The molecule has 2 aliphatic heterocycles. The van der Waals surface area contributed by atoms with Gasteiger partial charge in [-0.2, -0.15) is 0 Å². The number of carbonyl (C=O) groups is 2. The van der Waals surface area contributed by atoms with Crippen LogP contribution in [0.4, 0.5) is 0 Å². The van der Waals surface area contributed by atoms with Crippen molar-refractivity contribution in [2.24, 2.45) is 17.3 Å². The molecule has 4 nitrogen and oxygen atoms in total. The predicted octanol–water partition coefficient (Wildman–Crippen LogP) is 3.93. The van der Waals surface area contributed by atoms with E-state index in [1.54, 1.807) is 5.57 Å². The average molecular weight is 357 g/mol. The fourth-order valence-corrected chi connectivity index (χ4v) is 5.90. The maximum Gasteiger partial charge on any atom is 0.224 e. The molecule has 1 fully saturated rings. The van der Waals surface area contributed by atoms with Crippen LogP contribution >= 0.6 is 0 Å². The van der Waals surface area contributed by atoms with Gasteiger partial charge in [-0.1, -0.05) is 6.92 Å². The largest absolute Gasteiger partial charge is 0.351 e. The van der Waals surface area contributed by atoms with Gasteiger partial charge in [-0.25, -0.2) is 0 Å². The van der Waals surface area contributed by atoms with Crippen LogP contribution in [0.2, 0.25) is 0 Å². The molecule has 0 unspecified atom stereocenters. The number of amides is 1. The lowest BCUT2D eigenvalue weighted by Crippen LogP contribution is -2.49. The monoisotopic (exact) mass is 356 g/mol. The standard InChI is InChI=1S/C22H32N2O2/c1-21(2,3)23-20(26)18-8-7-17-16-6-5-14-13-15(25)10-12-24(14)19(16)9-11-22(17,18)4/h13,17-18H,5-12H2,1-4H3,(H,23,26)/t17-,18+,22-/m0/s1. The van der Waals surface area contributed by atoms with Gasteiger partial charge in [0.15, 0.2) is 5.78 Å². The summed E-state index contributed by atoms with van der Waals surface area (Å²) in [5.41, 5.74) is 4.21. The van der Waals surface area contributed by atoms with E-state index in [0.717, 1.165) is 45.1 Å². The van der Waals surface area contributed by atoms with Gasteiger partial charge in [0.2, 0.25) is 5.91 Å². The van der Waals surface area contributed by atoms with Gasteiger partial charge in [0.1, 0.15) is 0 Å². The zero-order valence-corrected chi connectivity index (χ0v) is 16.7. The Morgan fingerprint density at radius 2 is 1.96 bits per heavy atom. The van der Waals surface area contributed by atoms with E-state index in [2.05, 4.69) is 37.9 Å². The highest BCUT2D eigenvalue weighted by atomic mass is 16.2. The molecule has 1 N–H and O–H groups in total. The molecule has 0 spiro atoms. The molecule has 1 saturated carbocycles. The topological polar surface area (TPSA) is 49.4 Å². The van der Waals surface area contributed by atoms with Gasteiger partial charge in [0.25, 0.3) is 0 Å². The molecule has 0 aromatic heterocycles. The zero-order valence-electron chi connectivity index (χ0n) is 16.7. The Labute approximate surface area is 157 Å². The summed E-state index contributed by atoms with van der Waals surface area (Å²) in [5.74, 6) is 1.18. The molecule has 0 aromatic rings. The fraction of sp³-hybridized carbons (Fsp3) is 0.727. The van der Waals surface area contributed by atoms with Gasteiger partial charge in [0, 0.05) is 41.9 Å². The minimum absolute atomic E-state index is 0.0843. The highest BCUT2D eigenvalue weighted by molar-refractivity contribution is 5.91. The number of rotatable bonds is 1. The van der Waals surface area contributed by atoms with E-state index in [1.807, 2.05) is 6.08 Å². The van der Waals surface area contributed by atoms with Crippen molar-refractivity contribution < 1.29 is 9.59 Å². The number of carbonyl (C=O) groups excluding carboxylic acids is 2. The lowest BCUT2D eigenvalue weighted by atomic mass is 9.62. The lowest BCUT2D eigenvalue weighted by Gasteiger charge is -2.48. The summed E-state index contributed by atoms with van der Waals surface area (Å²) in [5, 5.41) is 3.23. The van der Waals surface area contributed by atoms with Crippen LogP contribution in [0.15, 0.2) is 23.0 Å². The Balaban J connectivity index is 1.61. The van der Waals surface area contributed by atoms with Crippen LogP contribution in [-0.2, 0) is 9.59 Å². The van der Waals surface area contributed by atoms with Gasteiger partial charge in [-0.3, -0.25) is 9.59 Å². The van der Waals surface area contributed by atoms with Crippen molar-refractivity contribution in [3.8, 4) is 0 Å². The first-order valence-electron chi connectivity index (χ1n) is 10.2. The summed E-state index contributed by atoms with van der Waals surface area (Å²) in [6.07, 6.45) is 8.82. The summed E-state index contributed by atoms with van der Waals surface area (Å²) in [6.45, 7) is 9.39. The quantitative estimate of drug-likeness (QED) is 0.774. The molecule has 26 heavy (non-hydrogen) atoms. The average Bonchev–Trinajstić information content (AvgIpc) is 2.90. The molecule has 0 radical (unpaired) electrons. The minimum Gasteiger partial charge on any atom is -0.351 e. The van der Waals surface area contributed by atoms with Crippen molar-refractivity contribution in [3.05, 3.63) is 23.0 Å². The van der Waals surface area contributed by atoms with E-state index in [1.165, 1.54) is 11.4 Å². The summed E-state index contributed by atoms with van der Waals surface area (Å²) < 4.78 is 0. The Kier molecular flexibility index (Phi) is 4.09. The molecule has 1 amide bonds. The number of nitrogens with zero attached hydrogens (tertiary/aromatic N) is 1. The number of nitrogens with one attached hydrogen (secondary N) is 1. The van der Waals surface area contributed by atoms with Gasteiger partial charge in [-0.15, -0.1) is 0 Å². The van der Waals surface area contributed by atoms with E-state index in [9.17, 15) is 9.59 Å². The number of ketones is 1. The molecule has 4 heteroatoms. The van der Waals surface area contributed by atoms with E-state index >= 15 is 0 Å². The van der Waals surface area contributed by atoms with E-state index < -0.39 is 0 Å². The highest BCUT2D eigenvalue weighted by Gasteiger charge is 2.54. The molecule has 2 aliphatic carbocycles. The predicted molar refractivity (Wildman–Crippen MR) is 102 cm³/mol. The molecule has 0 saturated heterocycles. The second kappa shape index (κ2) is 5.97. The van der Waals surface area contributed by atoms with Crippen LogP contribution in [0, 0.1) is 17.3 Å². The maximum absolute atomic E-state index is 13.0. The Bertz CT molecular complexity index is 712. The summed E-state index contributed by atoms with van der Waals surface area (Å²) in [4.78, 5) is 27.2. The Morgan fingerprint density at radius 1 is 1.19 bits per heavy atom. The maximum atomic E-state index is 13.0. The molecule has 3 atom stereocenters. The first kappa shape index (κ1) is 17.8. The van der Waals surface area contributed by atoms with Crippen LogP contribution in [0.5, 0.6) is 0 Å². The number of allylic oxidation sites excluding steroid dienone is 4. The third kappa shape index (κ3) is 2.82. The second-order valence-corrected chi connectivity index (χ2v) is 9.90. The number of hydrogen-bond acceptors (Lipinski definition) is 3. The van der Waals surface area contributed by atoms with Crippen LogP contribution in [0.25, 0.3) is 0 Å². The van der Waals surface area contributed by atoms with Gasteiger partial charge >= 0.3 is 0 Å². The molecular formula is C22H32N2O2. The molecular weight excluding hydrogens is 324 g/mol. The van der Waals surface area contributed by atoms with Crippen LogP contribution in [-0.4, -0.2) is 28.7 Å². The molecule has 0 bridgehead atoms. The third-order valence-electron chi connectivity index (χ3n) is 7.07. The number of hydrogen-bond donors (Lipinski definition) is 1. The second-order valence-electron chi connectivity index (χ2n) is 9.90. The van der Waals surface area contributed by atoms with Crippen molar-refractivity contribution in [2.45, 2.75) is 78.2 Å². The SMILES string of the molecule is CC(C)(C)NC(=O)[C@H]1CC[C@H]2C3=C(CC[C@]12C)N1CCC(=O)C=C1CC3. The van der Waals surface area contributed by atoms with Gasteiger partial charge in [0.05, 0.1) is 0 Å². The van der Waals surface area contributed by atoms with Crippen LogP contribution in [0.1, 0.15) is 72.6 Å². The first-order chi connectivity index (χ1) is 12.2. The molecule has 0 aromatic carbocycles. The summed E-state index contributed by atoms with van der Waals surface area (Å²) in [7, 11) is 0. The first-order valence-corrected chi connectivity index (χ1v) is 10.2. The van der Waals surface area contributed by atoms with Gasteiger partial charge in [-0.05, 0) is 76.2 Å². The Morgan fingerprint density at radius 3 is 2.69 bits per heavy atom. The summed E-state index contributed by atoms with van der Waals surface area (Å²) in [6, 6.07) is 0. The van der Waals surface area contributed by atoms with Gasteiger partial charge < -0.3 is 10.2 Å². The minimum atomic E-state index is -0.171. The molecule has 4 rings (SSSR count). The molecule has 2 heterocycles. The smallest absolute Gasteiger partial charge is 0.224 e. The van der Waals surface area contributed by atoms with Crippen LogP contribution < -0.4 is 5.32 Å². The van der Waals surface area contributed by atoms with Crippen LogP contribution in [0.3, 0.4) is 0 Å². The molecule has 142 valence electrons. The van der Waals surface area contributed by atoms with E-state index in [0.29, 0.717) is 12.3 Å². The Hall–Kier alpha value is -1.58. The van der Waals surface area contributed by atoms with E-state index in [-0.39, 0.29) is 28.6 Å². The highest BCUT2D eigenvalue weighted by Crippen LogP contribution is 2.59. The number of fused-ring (bicyclic) bond motifs is 4.